The number of ether oxygens (including phenoxy) is 1. The lowest BCUT2D eigenvalue weighted by Gasteiger charge is -2.39. The van der Waals surface area contributed by atoms with Gasteiger partial charge in [-0.3, -0.25) is 14.4 Å². The lowest BCUT2D eigenvalue weighted by molar-refractivity contribution is -0.147. The van der Waals surface area contributed by atoms with E-state index in [9.17, 15) is 14.4 Å². The van der Waals surface area contributed by atoms with Gasteiger partial charge in [0.25, 0.3) is 0 Å². The minimum absolute atomic E-state index is 0.0440. The van der Waals surface area contributed by atoms with Crippen LogP contribution in [-0.2, 0) is 19.1 Å². The molecule has 3 fully saturated rings. The van der Waals surface area contributed by atoms with E-state index in [-0.39, 0.29) is 35.6 Å². The molecule has 3 amide bonds. The van der Waals surface area contributed by atoms with E-state index >= 15 is 0 Å². The standard InChI is InChI=1S/C18H29N3O4/c1-19(2)15(22)13-21-10-7-18(17(21)24)5-8-20(9-6-18)16(23)14-3-11-25-12-4-14/h14H,3-13H2,1-2H3. The number of carbonyl (C=O) groups is 3. The van der Waals surface area contributed by atoms with Crippen LogP contribution in [0.3, 0.4) is 0 Å². The summed E-state index contributed by atoms with van der Waals surface area (Å²) in [4.78, 5) is 42.5. The molecular formula is C18H29N3O4. The molecule has 0 bridgehead atoms. The number of likely N-dealkylation sites (N-methyl/N-ethyl adjacent to an activating group) is 1. The lowest BCUT2D eigenvalue weighted by Crippen LogP contribution is -2.49. The maximum atomic E-state index is 12.9. The maximum Gasteiger partial charge on any atom is 0.241 e. The van der Waals surface area contributed by atoms with Crippen LogP contribution in [-0.4, -0.2) is 85.9 Å². The first-order valence-electron chi connectivity index (χ1n) is 9.29. The molecule has 3 saturated heterocycles. The summed E-state index contributed by atoms with van der Waals surface area (Å²) < 4.78 is 5.34. The van der Waals surface area contributed by atoms with Crippen LogP contribution >= 0.6 is 0 Å². The number of nitrogens with zero attached hydrogens (tertiary/aromatic N) is 3. The summed E-state index contributed by atoms with van der Waals surface area (Å²) in [5.74, 6) is 0.359. The third kappa shape index (κ3) is 3.66. The third-order valence-corrected chi connectivity index (χ3v) is 6.03. The summed E-state index contributed by atoms with van der Waals surface area (Å²) >= 11 is 0. The highest BCUT2D eigenvalue weighted by atomic mass is 16.5. The lowest BCUT2D eigenvalue weighted by atomic mass is 9.76. The van der Waals surface area contributed by atoms with Crippen LogP contribution in [0.4, 0.5) is 0 Å². The van der Waals surface area contributed by atoms with E-state index in [0.29, 0.717) is 45.7 Å². The Morgan fingerprint density at radius 2 is 1.72 bits per heavy atom. The van der Waals surface area contributed by atoms with Gasteiger partial charge in [-0.25, -0.2) is 0 Å². The summed E-state index contributed by atoms with van der Waals surface area (Å²) in [7, 11) is 3.41. The molecule has 3 aliphatic heterocycles. The van der Waals surface area contributed by atoms with Gasteiger partial charge in [0.15, 0.2) is 0 Å². The molecule has 0 aromatic carbocycles. The molecule has 0 atom stereocenters. The van der Waals surface area contributed by atoms with Crippen LogP contribution in [0.2, 0.25) is 0 Å². The van der Waals surface area contributed by atoms with Crippen molar-refractivity contribution in [1.29, 1.82) is 0 Å². The predicted molar refractivity (Wildman–Crippen MR) is 91.7 cm³/mol. The normalized spacial score (nSPS) is 24.0. The van der Waals surface area contributed by atoms with E-state index in [1.807, 2.05) is 4.90 Å². The van der Waals surface area contributed by atoms with E-state index in [0.717, 1.165) is 19.3 Å². The highest BCUT2D eigenvalue weighted by Gasteiger charge is 2.49. The fourth-order valence-electron chi connectivity index (χ4n) is 4.17. The molecule has 0 aromatic heterocycles. The van der Waals surface area contributed by atoms with Crippen molar-refractivity contribution in [1.82, 2.24) is 14.7 Å². The molecule has 3 rings (SSSR count). The summed E-state index contributed by atoms with van der Waals surface area (Å²) in [6, 6.07) is 0. The van der Waals surface area contributed by atoms with Crippen molar-refractivity contribution in [3.63, 3.8) is 0 Å². The molecule has 7 nitrogen and oxygen atoms in total. The Morgan fingerprint density at radius 1 is 1.12 bits per heavy atom. The molecule has 25 heavy (non-hydrogen) atoms. The number of hydrogen-bond donors (Lipinski definition) is 0. The van der Waals surface area contributed by atoms with Crippen molar-refractivity contribution in [2.24, 2.45) is 11.3 Å². The number of likely N-dealkylation sites (tertiary alicyclic amines) is 2. The van der Waals surface area contributed by atoms with Crippen molar-refractivity contribution >= 4 is 17.7 Å². The smallest absolute Gasteiger partial charge is 0.241 e. The number of amides is 3. The highest BCUT2D eigenvalue weighted by molar-refractivity contribution is 5.90. The molecule has 0 N–H and O–H groups in total. The fourth-order valence-corrected chi connectivity index (χ4v) is 4.17. The number of carbonyl (C=O) groups excluding carboxylic acids is 3. The summed E-state index contributed by atoms with van der Waals surface area (Å²) in [6.07, 6.45) is 3.84. The first-order chi connectivity index (χ1) is 11.9. The van der Waals surface area contributed by atoms with Crippen LogP contribution in [0, 0.1) is 11.3 Å². The molecule has 140 valence electrons. The van der Waals surface area contributed by atoms with E-state index in [1.165, 1.54) is 4.90 Å². The zero-order valence-corrected chi connectivity index (χ0v) is 15.3. The van der Waals surface area contributed by atoms with Crippen LogP contribution in [0.15, 0.2) is 0 Å². The van der Waals surface area contributed by atoms with E-state index in [1.54, 1.807) is 19.0 Å². The Balaban J connectivity index is 1.55. The van der Waals surface area contributed by atoms with E-state index in [2.05, 4.69) is 0 Å². The fraction of sp³-hybridized carbons (Fsp3) is 0.833. The van der Waals surface area contributed by atoms with Crippen LogP contribution in [0.25, 0.3) is 0 Å². The summed E-state index contributed by atoms with van der Waals surface area (Å²) in [5, 5.41) is 0. The summed E-state index contributed by atoms with van der Waals surface area (Å²) in [5.41, 5.74) is -0.362. The Hall–Kier alpha value is -1.63. The van der Waals surface area contributed by atoms with Gasteiger partial charge in [0, 0.05) is 52.9 Å². The molecule has 0 aliphatic carbocycles. The molecule has 0 radical (unpaired) electrons. The molecule has 3 heterocycles. The largest absolute Gasteiger partial charge is 0.381 e. The van der Waals surface area contributed by atoms with Gasteiger partial charge in [-0.15, -0.1) is 0 Å². The highest BCUT2D eigenvalue weighted by Crippen LogP contribution is 2.41. The Morgan fingerprint density at radius 3 is 2.32 bits per heavy atom. The topological polar surface area (TPSA) is 70.2 Å². The van der Waals surface area contributed by atoms with Crippen LogP contribution in [0.5, 0.6) is 0 Å². The average molecular weight is 351 g/mol. The van der Waals surface area contributed by atoms with Crippen molar-refractivity contribution in [2.75, 3.05) is 53.5 Å². The first kappa shape index (κ1) is 18.2. The number of rotatable bonds is 3. The maximum absolute atomic E-state index is 12.9. The summed E-state index contributed by atoms with van der Waals surface area (Å²) in [6.45, 7) is 3.45. The van der Waals surface area contributed by atoms with Gasteiger partial charge >= 0.3 is 0 Å². The monoisotopic (exact) mass is 351 g/mol. The Labute approximate surface area is 149 Å². The molecule has 0 aromatic rings. The minimum Gasteiger partial charge on any atom is -0.381 e. The van der Waals surface area contributed by atoms with Gasteiger partial charge in [0.1, 0.15) is 0 Å². The third-order valence-electron chi connectivity index (χ3n) is 6.03. The molecule has 0 saturated carbocycles. The second kappa shape index (κ2) is 7.32. The molecule has 1 spiro atoms. The Kier molecular flexibility index (Phi) is 5.32. The minimum atomic E-state index is -0.362. The van der Waals surface area contributed by atoms with Gasteiger partial charge in [-0.05, 0) is 32.1 Å². The quantitative estimate of drug-likeness (QED) is 0.735. The van der Waals surface area contributed by atoms with Gasteiger partial charge in [0.05, 0.1) is 12.0 Å². The molecule has 0 unspecified atom stereocenters. The van der Waals surface area contributed by atoms with Gasteiger partial charge < -0.3 is 19.4 Å². The van der Waals surface area contributed by atoms with Crippen molar-refractivity contribution in [3.8, 4) is 0 Å². The average Bonchev–Trinajstić information content (AvgIpc) is 2.92. The second-order valence-corrected chi connectivity index (χ2v) is 7.76. The van der Waals surface area contributed by atoms with Crippen molar-refractivity contribution in [3.05, 3.63) is 0 Å². The van der Waals surface area contributed by atoms with E-state index in [4.69, 9.17) is 4.74 Å². The molecule has 7 heteroatoms. The van der Waals surface area contributed by atoms with Crippen molar-refractivity contribution < 1.29 is 19.1 Å². The SMILES string of the molecule is CN(C)C(=O)CN1CCC2(CCN(C(=O)C3CCOCC3)CC2)C1=O. The van der Waals surface area contributed by atoms with Crippen molar-refractivity contribution in [2.45, 2.75) is 32.1 Å². The zero-order chi connectivity index (χ0) is 18.0. The number of hydrogen-bond acceptors (Lipinski definition) is 4. The van der Waals surface area contributed by atoms with Gasteiger partial charge in [-0.2, -0.15) is 0 Å². The second-order valence-electron chi connectivity index (χ2n) is 7.76. The molecule has 3 aliphatic rings. The van der Waals surface area contributed by atoms with Crippen LogP contribution < -0.4 is 0 Å². The van der Waals surface area contributed by atoms with Gasteiger partial charge in [-0.1, -0.05) is 0 Å². The predicted octanol–water partition coefficient (Wildman–Crippen LogP) is 0.342. The number of piperidine rings is 1. The molecular weight excluding hydrogens is 322 g/mol. The van der Waals surface area contributed by atoms with Gasteiger partial charge in [0.2, 0.25) is 17.7 Å². The Bertz CT molecular complexity index is 534. The zero-order valence-electron chi connectivity index (χ0n) is 15.3. The van der Waals surface area contributed by atoms with Crippen LogP contribution in [0.1, 0.15) is 32.1 Å². The van der Waals surface area contributed by atoms with E-state index < -0.39 is 0 Å². The first-order valence-corrected chi connectivity index (χ1v) is 9.29.